The number of ether oxygens (including phenoxy) is 1. The van der Waals surface area contributed by atoms with E-state index in [1.807, 2.05) is 0 Å². The van der Waals surface area contributed by atoms with Crippen molar-refractivity contribution in [2.45, 2.75) is 6.43 Å². The zero-order chi connectivity index (χ0) is 10.0. The number of halogens is 3. The van der Waals surface area contributed by atoms with Gasteiger partial charge in [0.1, 0.15) is 10.8 Å². The molecule has 0 aliphatic heterocycles. The SMILES string of the molecule is COc1c[nH]c(=O)c(Cl)c1C(F)F. The van der Waals surface area contributed by atoms with Crippen molar-refractivity contribution in [2.24, 2.45) is 0 Å². The molecule has 0 spiro atoms. The summed E-state index contributed by atoms with van der Waals surface area (Å²) in [7, 11) is 1.22. The van der Waals surface area contributed by atoms with Crippen LogP contribution in [0.1, 0.15) is 12.0 Å². The minimum absolute atomic E-state index is 0.125. The van der Waals surface area contributed by atoms with Crippen molar-refractivity contribution in [3.8, 4) is 5.75 Å². The standard InChI is InChI=1S/C7H6ClF2NO2/c1-13-3-2-11-7(12)5(8)4(3)6(9)10/h2,6H,1H3,(H,11,12). The van der Waals surface area contributed by atoms with E-state index in [0.717, 1.165) is 6.20 Å². The van der Waals surface area contributed by atoms with Crippen molar-refractivity contribution < 1.29 is 13.5 Å². The molecular weight excluding hydrogens is 204 g/mol. The van der Waals surface area contributed by atoms with Gasteiger partial charge in [-0.05, 0) is 0 Å². The van der Waals surface area contributed by atoms with Gasteiger partial charge in [-0.2, -0.15) is 0 Å². The third-order valence-corrected chi connectivity index (χ3v) is 1.85. The highest BCUT2D eigenvalue weighted by atomic mass is 35.5. The molecule has 0 aliphatic carbocycles. The molecule has 1 N–H and O–H groups in total. The van der Waals surface area contributed by atoms with Gasteiger partial charge in [-0.25, -0.2) is 8.78 Å². The summed E-state index contributed by atoms with van der Waals surface area (Å²) in [6.45, 7) is 0. The van der Waals surface area contributed by atoms with Gasteiger partial charge in [0, 0.05) is 6.20 Å². The quantitative estimate of drug-likeness (QED) is 0.809. The molecule has 1 rings (SSSR count). The Bertz CT molecular complexity index is 364. The Labute approximate surface area is 77.3 Å². The number of alkyl halides is 2. The number of H-pyrrole nitrogens is 1. The predicted octanol–water partition coefficient (Wildman–Crippen LogP) is 1.97. The summed E-state index contributed by atoms with van der Waals surface area (Å²) in [5, 5.41) is -0.533. The summed E-state index contributed by atoms with van der Waals surface area (Å²) < 4.78 is 29.3. The zero-order valence-electron chi connectivity index (χ0n) is 6.61. The van der Waals surface area contributed by atoms with Gasteiger partial charge in [0.2, 0.25) is 0 Å². The molecule has 0 amide bonds. The minimum Gasteiger partial charge on any atom is -0.495 e. The monoisotopic (exact) mass is 209 g/mol. The number of hydrogen-bond acceptors (Lipinski definition) is 2. The van der Waals surface area contributed by atoms with Crippen LogP contribution in [0.5, 0.6) is 5.75 Å². The maximum absolute atomic E-state index is 12.3. The lowest BCUT2D eigenvalue weighted by Crippen LogP contribution is -2.10. The third kappa shape index (κ3) is 1.80. The van der Waals surface area contributed by atoms with Crippen molar-refractivity contribution in [1.29, 1.82) is 0 Å². The molecular formula is C7H6ClF2NO2. The number of hydrogen-bond donors (Lipinski definition) is 1. The molecule has 1 heterocycles. The van der Waals surface area contributed by atoms with Crippen molar-refractivity contribution >= 4 is 11.6 Å². The molecule has 72 valence electrons. The Morgan fingerprint density at radius 3 is 2.69 bits per heavy atom. The number of pyridine rings is 1. The van der Waals surface area contributed by atoms with E-state index in [4.69, 9.17) is 11.6 Å². The maximum atomic E-state index is 12.3. The molecule has 0 radical (unpaired) electrons. The molecule has 3 nitrogen and oxygen atoms in total. The van der Waals surface area contributed by atoms with Crippen LogP contribution in [-0.2, 0) is 0 Å². The predicted molar refractivity (Wildman–Crippen MR) is 43.6 cm³/mol. The van der Waals surface area contributed by atoms with E-state index in [1.165, 1.54) is 7.11 Å². The van der Waals surface area contributed by atoms with E-state index in [0.29, 0.717) is 0 Å². The van der Waals surface area contributed by atoms with Gasteiger partial charge in [-0.1, -0.05) is 11.6 Å². The van der Waals surface area contributed by atoms with Crippen LogP contribution < -0.4 is 10.3 Å². The number of nitrogens with one attached hydrogen (secondary N) is 1. The highest BCUT2D eigenvalue weighted by Gasteiger charge is 2.20. The largest absolute Gasteiger partial charge is 0.495 e. The Kier molecular flexibility index (Phi) is 2.87. The van der Waals surface area contributed by atoms with Gasteiger partial charge >= 0.3 is 0 Å². The molecule has 0 aromatic carbocycles. The lowest BCUT2D eigenvalue weighted by Gasteiger charge is -2.07. The Balaban J connectivity index is 3.41. The molecule has 1 aromatic rings. The van der Waals surface area contributed by atoms with Crippen LogP contribution in [0, 0.1) is 0 Å². The van der Waals surface area contributed by atoms with Crippen LogP contribution in [0.15, 0.2) is 11.0 Å². The van der Waals surface area contributed by atoms with Gasteiger partial charge in [0.15, 0.2) is 0 Å². The van der Waals surface area contributed by atoms with Crippen molar-refractivity contribution in [2.75, 3.05) is 7.11 Å². The summed E-state index contributed by atoms with van der Waals surface area (Å²) in [4.78, 5) is 13.0. The first-order chi connectivity index (χ1) is 6.07. The first-order valence-electron chi connectivity index (χ1n) is 3.31. The average molecular weight is 210 g/mol. The summed E-state index contributed by atoms with van der Waals surface area (Å²) in [5.74, 6) is -0.125. The first-order valence-corrected chi connectivity index (χ1v) is 3.69. The lowest BCUT2D eigenvalue weighted by atomic mass is 10.2. The third-order valence-electron chi connectivity index (χ3n) is 1.47. The topological polar surface area (TPSA) is 42.1 Å². The molecule has 0 atom stereocenters. The second kappa shape index (κ2) is 3.74. The Morgan fingerprint density at radius 1 is 1.62 bits per heavy atom. The fourth-order valence-corrected chi connectivity index (χ4v) is 1.11. The molecule has 0 bridgehead atoms. The zero-order valence-corrected chi connectivity index (χ0v) is 7.36. The second-order valence-corrected chi connectivity index (χ2v) is 2.59. The van der Waals surface area contributed by atoms with E-state index in [-0.39, 0.29) is 5.75 Å². The molecule has 0 aliphatic rings. The number of methoxy groups -OCH3 is 1. The summed E-state index contributed by atoms with van der Waals surface area (Å²) in [6.07, 6.45) is -1.78. The molecule has 0 fully saturated rings. The molecule has 0 saturated carbocycles. The Morgan fingerprint density at radius 2 is 2.23 bits per heavy atom. The van der Waals surface area contributed by atoms with Crippen molar-refractivity contribution in [1.82, 2.24) is 4.98 Å². The van der Waals surface area contributed by atoms with Crippen LogP contribution >= 0.6 is 11.6 Å². The number of aromatic nitrogens is 1. The molecule has 0 saturated heterocycles. The highest BCUT2D eigenvalue weighted by Crippen LogP contribution is 2.31. The van der Waals surface area contributed by atoms with Crippen molar-refractivity contribution in [3.63, 3.8) is 0 Å². The summed E-state index contributed by atoms with van der Waals surface area (Å²) in [6, 6.07) is 0. The van der Waals surface area contributed by atoms with Crippen LogP contribution in [0.3, 0.4) is 0 Å². The van der Waals surface area contributed by atoms with Crippen LogP contribution in [0.4, 0.5) is 8.78 Å². The fourth-order valence-electron chi connectivity index (χ4n) is 0.875. The number of rotatable bonds is 2. The van der Waals surface area contributed by atoms with Gasteiger partial charge in [0.05, 0.1) is 12.7 Å². The van der Waals surface area contributed by atoms with Gasteiger partial charge in [-0.3, -0.25) is 4.79 Å². The smallest absolute Gasteiger partial charge is 0.269 e. The highest BCUT2D eigenvalue weighted by molar-refractivity contribution is 6.31. The first kappa shape index (κ1) is 9.98. The van der Waals surface area contributed by atoms with Crippen LogP contribution in [0.25, 0.3) is 0 Å². The van der Waals surface area contributed by atoms with Crippen LogP contribution in [0.2, 0.25) is 5.02 Å². The Hall–Kier alpha value is -1.10. The van der Waals surface area contributed by atoms with Gasteiger partial charge < -0.3 is 9.72 Å². The van der Waals surface area contributed by atoms with Crippen molar-refractivity contribution in [3.05, 3.63) is 27.1 Å². The molecule has 0 unspecified atom stereocenters. The second-order valence-electron chi connectivity index (χ2n) is 2.21. The van der Waals surface area contributed by atoms with E-state index in [9.17, 15) is 13.6 Å². The van der Waals surface area contributed by atoms with E-state index in [2.05, 4.69) is 9.72 Å². The maximum Gasteiger partial charge on any atom is 0.269 e. The summed E-state index contributed by atoms with van der Waals surface area (Å²) in [5.41, 5.74) is -1.33. The van der Waals surface area contributed by atoms with E-state index < -0.39 is 22.6 Å². The van der Waals surface area contributed by atoms with Gasteiger partial charge in [-0.15, -0.1) is 0 Å². The molecule has 1 aromatic heterocycles. The van der Waals surface area contributed by atoms with Gasteiger partial charge in [0.25, 0.3) is 12.0 Å². The average Bonchev–Trinajstić information content (AvgIpc) is 2.08. The van der Waals surface area contributed by atoms with E-state index in [1.54, 1.807) is 0 Å². The number of aromatic amines is 1. The van der Waals surface area contributed by atoms with Crippen LogP contribution in [-0.4, -0.2) is 12.1 Å². The molecule has 13 heavy (non-hydrogen) atoms. The fraction of sp³-hybridized carbons (Fsp3) is 0.286. The lowest BCUT2D eigenvalue weighted by molar-refractivity contribution is 0.147. The minimum atomic E-state index is -2.83. The molecule has 6 heteroatoms. The summed E-state index contributed by atoms with van der Waals surface area (Å²) >= 11 is 5.37. The van der Waals surface area contributed by atoms with E-state index >= 15 is 0 Å². The normalized spacial score (nSPS) is 10.5.